The summed E-state index contributed by atoms with van der Waals surface area (Å²) in [4.78, 5) is 20.4. The van der Waals surface area contributed by atoms with Crippen molar-refractivity contribution in [1.29, 1.82) is 0 Å². The molecular formula is C23H26N4O. The molecule has 0 saturated carbocycles. The van der Waals surface area contributed by atoms with Crippen LogP contribution in [0.3, 0.4) is 0 Å². The second-order valence-corrected chi connectivity index (χ2v) is 8.27. The number of aromatic amines is 1. The summed E-state index contributed by atoms with van der Waals surface area (Å²) < 4.78 is 0. The molecule has 3 unspecified atom stereocenters. The van der Waals surface area contributed by atoms with E-state index >= 15 is 0 Å². The number of aromatic nitrogens is 2. The van der Waals surface area contributed by atoms with Gasteiger partial charge in [0.2, 0.25) is 5.91 Å². The molecule has 3 N–H and O–H groups in total. The predicted octanol–water partition coefficient (Wildman–Crippen LogP) is 3.69. The summed E-state index contributed by atoms with van der Waals surface area (Å²) in [5, 5.41) is 6.97. The van der Waals surface area contributed by atoms with Crippen molar-refractivity contribution in [3.05, 3.63) is 66.0 Å². The average Bonchev–Trinajstić information content (AvgIpc) is 3.32. The van der Waals surface area contributed by atoms with Gasteiger partial charge in [-0.05, 0) is 54.9 Å². The van der Waals surface area contributed by atoms with Crippen LogP contribution in [0.15, 0.2) is 54.9 Å². The minimum atomic E-state index is -0.153. The second-order valence-electron chi connectivity index (χ2n) is 8.27. The van der Waals surface area contributed by atoms with Crippen molar-refractivity contribution in [1.82, 2.24) is 20.6 Å². The molecule has 1 amide bonds. The number of carbonyl (C=O) groups is 1. The molecule has 3 atom stereocenters. The summed E-state index contributed by atoms with van der Waals surface area (Å²) in [6.45, 7) is 0. The van der Waals surface area contributed by atoms with E-state index in [2.05, 4.69) is 44.9 Å². The molecule has 3 heterocycles. The van der Waals surface area contributed by atoms with Crippen molar-refractivity contribution in [2.75, 3.05) is 0 Å². The van der Waals surface area contributed by atoms with E-state index in [0.29, 0.717) is 24.4 Å². The van der Waals surface area contributed by atoms with E-state index in [-0.39, 0.29) is 11.9 Å². The van der Waals surface area contributed by atoms with Gasteiger partial charge < -0.3 is 15.6 Å². The first-order chi connectivity index (χ1) is 13.7. The fourth-order valence-electron chi connectivity index (χ4n) is 4.96. The minimum absolute atomic E-state index is 0.143. The Morgan fingerprint density at radius 2 is 1.86 bits per heavy atom. The molecule has 144 valence electrons. The number of H-pyrrole nitrogens is 1. The van der Waals surface area contributed by atoms with Crippen LogP contribution >= 0.6 is 0 Å². The van der Waals surface area contributed by atoms with Crippen molar-refractivity contribution in [2.24, 2.45) is 5.92 Å². The summed E-state index contributed by atoms with van der Waals surface area (Å²) in [6.07, 6.45) is 7.10. The molecule has 5 rings (SSSR count). The highest BCUT2D eigenvalue weighted by Crippen LogP contribution is 2.33. The third-order valence-corrected chi connectivity index (χ3v) is 6.26. The average molecular weight is 374 g/mol. The van der Waals surface area contributed by atoms with Gasteiger partial charge in [0.1, 0.15) is 0 Å². The maximum atomic E-state index is 13.0. The van der Waals surface area contributed by atoms with Gasteiger partial charge in [0.15, 0.2) is 0 Å². The van der Waals surface area contributed by atoms with Crippen LogP contribution in [0.25, 0.3) is 11.0 Å². The maximum absolute atomic E-state index is 13.0. The Morgan fingerprint density at radius 3 is 2.64 bits per heavy atom. The lowest BCUT2D eigenvalue weighted by Crippen LogP contribution is -2.40. The van der Waals surface area contributed by atoms with E-state index in [1.54, 1.807) is 6.33 Å². The lowest BCUT2D eigenvalue weighted by atomic mass is 9.89. The Bertz CT molecular complexity index is 955. The number of amides is 1. The molecule has 2 aliphatic rings. The SMILES string of the molecule is O=C(CC1CC2CCC(C1)N2)NC(c1ccccc1)c1ccc2nc[nH]c2c1. The molecule has 28 heavy (non-hydrogen) atoms. The third-order valence-electron chi connectivity index (χ3n) is 6.26. The van der Waals surface area contributed by atoms with Crippen molar-refractivity contribution in [2.45, 2.75) is 50.2 Å². The van der Waals surface area contributed by atoms with E-state index in [4.69, 9.17) is 0 Å². The quantitative estimate of drug-likeness (QED) is 0.638. The Labute approximate surface area is 164 Å². The van der Waals surface area contributed by atoms with E-state index in [1.165, 1.54) is 12.8 Å². The molecule has 0 radical (unpaired) electrons. The van der Waals surface area contributed by atoms with Gasteiger partial charge in [0, 0.05) is 18.5 Å². The summed E-state index contributed by atoms with van der Waals surface area (Å²) in [5.74, 6) is 0.634. The predicted molar refractivity (Wildman–Crippen MR) is 110 cm³/mol. The standard InChI is InChI=1S/C23H26N4O/c28-22(12-15-10-18-7-8-19(11-15)26-18)27-23(16-4-2-1-3-5-16)17-6-9-20-21(13-17)25-14-24-20/h1-6,9,13-15,18-19,23,26H,7-8,10-12H2,(H,24,25)(H,27,28). The number of rotatable bonds is 5. The van der Waals surface area contributed by atoms with Crippen LogP contribution in [0.1, 0.15) is 49.3 Å². The second kappa shape index (κ2) is 7.40. The first-order valence-electron chi connectivity index (χ1n) is 10.3. The van der Waals surface area contributed by atoms with Gasteiger partial charge in [-0.1, -0.05) is 36.4 Å². The van der Waals surface area contributed by atoms with Gasteiger partial charge in [0.25, 0.3) is 0 Å². The summed E-state index contributed by atoms with van der Waals surface area (Å²) in [6, 6.07) is 17.4. The molecule has 2 aromatic carbocycles. The van der Waals surface area contributed by atoms with Crippen LogP contribution in [0, 0.1) is 5.92 Å². The van der Waals surface area contributed by atoms with Crippen LogP contribution in [0.2, 0.25) is 0 Å². The molecule has 0 spiro atoms. The van der Waals surface area contributed by atoms with Crippen molar-refractivity contribution in [3.63, 3.8) is 0 Å². The highest BCUT2D eigenvalue weighted by molar-refractivity contribution is 5.79. The first-order valence-corrected chi connectivity index (χ1v) is 10.3. The van der Waals surface area contributed by atoms with Crippen LogP contribution < -0.4 is 10.6 Å². The van der Waals surface area contributed by atoms with Gasteiger partial charge in [-0.2, -0.15) is 0 Å². The van der Waals surface area contributed by atoms with E-state index in [0.717, 1.165) is 35.0 Å². The molecule has 5 nitrogen and oxygen atoms in total. The van der Waals surface area contributed by atoms with Crippen molar-refractivity contribution in [3.8, 4) is 0 Å². The Morgan fingerprint density at radius 1 is 1.07 bits per heavy atom. The normalized spacial score (nSPS) is 24.9. The highest BCUT2D eigenvalue weighted by atomic mass is 16.1. The maximum Gasteiger partial charge on any atom is 0.221 e. The number of hydrogen-bond donors (Lipinski definition) is 3. The number of fused-ring (bicyclic) bond motifs is 3. The minimum Gasteiger partial charge on any atom is -0.345 e. The summed E-state index contributed by atoms with van der Waals surface area (Å²) in [5.41, 5.74) is 4.09. The zero-order valence-electron chi connectivity index (χ0n) is 15.9. The smallest absolute Gasteiger partial charge is 0.221 e. The Balaban J connectivity index is 1.36. The molecule has 2 fully saturated rings. The largest absolute Gasteiger partial charge is 0.345 e. The first kappa shape index (κ1) is 17.4. The summed E-state index contributed by atoms with van der Waals surface area (Å²) >= 11 is 0. The zero-order valence-corrected chi connectivity index (χ0v) is 15.9. The molecule has 1 aromatic heterocycles. The number of hydrogen-bond acceptors (Lipinski definition) is 3. The van der Waals surface area contributed by atoms with Crippen LogP contribution in [0.5, 0.6) is 0 Å². The van der Waals surface area contributed by atoms with Gasteiger partial charge in [-0.15, -0.1) is 0 Å². The number of benzene rings is 2. The Kier molecular flexibility index (Phi) is 4.61. The van der Waals surface area contributed by atoms with Gasteiger partial charge in [-0.25, -0.2) is 4.98 Å². The van der Waals surface area contributed by atoms with E-state index < -0.39 is 0 Å². The third kappa shape index (κ3) is 3.54. The van der Waals surface area contributed by atoms with Gasteiger partial charge in [-0.3, -0.25) is 4.79 Å². The number of nitrogens with zero attached hydrogens (tertiary/aromatic N) is 1. The number of piperidine rings is 1. The summed E-state index contributed by atoms with van der Waals surface area (Å²) in [7, 11) is 0. The number of carbonyl (C=O) groups excluding carboxylic acids is 1. The fourth-order valence-corrected chi connectivity index (χ4v) is 4.96. The Hall–Kier alpha value is -2.66. The fraction of sp³-hybridized carbons (Fsp3) is 0.391. The van der Waals surface area contributed by atoms with Crippen LogP contribution in [0.4, 0.5) is 0 Å². The molecule has 3 aromatic rings. The van der Waals surface area contributed by atoms with Gasteiger partial charge >= 0.3 is 0 Å². The highest BCUT2D eigenvalue weighted by Gasteiger charge is 2.34. The molecule has 2 aliphatic heterocycles. The van der Waals surface area contributed by atoms with Crippen molar-refractivity contribution >= 4 is 16.9 Å². The number of nitrogens with one attached hydrogen (secondary N) is 3. The zero-order chi connectivity index (χ0) is 18.9. The monoisotopic (exact) mass is 374 g/mol. The molecule has 5 heteroatoms. The molecular weight excluding hydrogens is 348 g/mol. The topological polar surface area (TPSA) is 69.8 Å². The lowest BCUT2D eigenvalue weighted by molar-refractivity contribution is -0.122. The molecule has 0 aliphatic carbocycles. The number of imidazole rings is 1. The van der Waals surface area contributed by atoms with Crippen LogP contribution in [-0.2, 0) is 4.79 Å². The molecule has 2 saturated heterocycles. The van der Waals surface area contributed by atoms with E-state index in [1.807, 2.05) is 24.3 Å². The lowest BCUT2D eigenvalue weighted by Gasteiger charge is -2.29. The van der Waals surface area contributed by atoms with E-state index in [9.17, 15) is 4.79 Å². The van der Waals surface area contributed by atoms with Crippen molar-refractivity contribution < 1.29 is 4.79 Å². The van der Waals surface area contributed by atoms with Gasteiger partial charge in [0.05, 0.1) is 23.4 Å². The molecule has 2 bridgehead atoms. The van der Waals surface area contributed by atoms with Crippen LogP contribution in [-0.4, -0.2) is 28.0 Å².